The van der Waals surface area contributed by atoms with Gasteiger partial charge >= 0.3 is 0 Å². The molecule has 0 aliphatic heterocycles. The molecule has 22 heavy (non-hydrogen) atoms. The van der Waals surface area contributed by atoms with Crippen LogP contribution < -0.4 is 0 Å². The fourth-order valence-corrected chi connectivity index (χ4v) is 2.47. The number of rotatable bonds is 6. The Morgan fingerprint density at radius 2 is 1.36 bits per heavy atom. The summed E-state index contributed by atoms with van der Waals surface area (Å²) in [7, 11) is 0. The van der Waals surface area contributed by atoms with Crippen LogP contribution in [0.15, 0.2) is 54.6 Å². The number of Topliss-reactive ketones (excluding diaryl/α,β-unsaturated/α-hetero) is 1. The van der Waals surface area contributed by atoms with E-state index in [9.17, 15) is 9.59 Å². The maximum atomic E-state index is 12.6. The fraction of sp³-hybridized carbons (Fsp3) is 0.263. The quantitative estimate of drug-likeness (QED) is 0.764. The lowest BCUT2D eigenvalue weighted by atomic mass is 9.97. The number of nitrogens with zero attached hydrogens (tertiary/aromatic N) is 1. The molecule has 0 heterocycles. The van der Waals surface area contributed by atoms with E-state index in [1.165, 1.54) is 0 Å². The average Bonchev–Trinajstić information content (AvgIpc) is 2.56. The first-order chi connectivity index (χ1) is 10.7. The molecule has 114 valence electrons. The van der Waals surface area contributed by atoms with Gasteiger partial charge in [0.2, 0.25) is 0 Å². The van der Waals surface area contributed by atoms with Gasteiger partial charge in [-0.3, -0.25) is 9.59 Å². The number of amides is 1. The lowest BCUT2D eigenvalue weighted by Gasteiger charge is -2.20. The van der Waals surface area contributed by atoms with Crippen LogP contribution in [0.1, 0.15) is 40.1 Å². The van der Waals surface area contributed by atoms with Crippen LogP contribution in [0.3, 0.4) is 0 Å². The second-order valence-corrected chi connectivity index (χ2v) is 5.11. The summed E-state index contributed by atoms with van der Waals surface area (Å²) in [6.45, 7) is 5.15. The summed E-state index contributed by atoms with van der Waals surface area (Å²) in [4.78, 5) is 26.9. The van der Waals surface area contributed by atoms with Gasteiger partial charge in [0.15, 0.2) is 5.78 Å². The molecule has 0 atom stereocenters. The van der Waals surface area contributed by atoms with E-state index < -0.39 is 0 Å². The lowest BCUT2D eigenvalue weighted by Crippen LogP contribution is -2.31. The van der Waals surface area contributed by atoms with E-state index in [1.807, 2.05) is 44.2 Å². The first kappa shape index (κ1) is 16.0. The molecule has 0 radical (unpaired) electrons. The van der Waals surface area contributed by atoms with Crippen molar-refractivity contribution in [3.05, 3.63) is 71.3 Å². The minimum absolute atomic E-state index is 0.0256. The number of hydrogen-bond donors (Lipinski definition) is 0. The topological polar surface area (TPSA) is 37.4 Å². The number of carbonyl (C=O) groups excluding carboxylic acids is 2. The highest BCUT2D eigenvalue weighted by atomic mass is 16.2. The molecule has 0 N–H and O–H groups in total. The molecule has 0 bridgehead atoms. The SMILES string of the molecule is CCN(CC)C(=O)c1ccccc1C(=O)Cc1ccccc1. The van der Waals surface area contributed by atoms with Gasteiger partial charge in [-0.25, -0.2) is 0 Å². The summed E-state index contributed by atoms with van der Waals surface area (Å²) in [6.07, 6.45) is 0.309. The monoisotopic (exact) mass is 295 g/mol. The van der Waals surface area contributed by atoms with E-state index in [1.54, 1.807) is 29.2 Å². The summed E-state index contributed by atoms with van der Waals surface area (Å²) < 4.78 is 0. The largest absolute Gasteiger partial charge is 0.339 e. The molecule has 0 unspecified atom stereocenters. The van der Waals surface area contributed by atoms with E-state index in [4.69, 9.17) is 0 Å². The first-order valence-electron chi connectivity index (χ1n) is 7.62. The second-order valence-electron chi connectivity index (χ2n) is 5.11. The molecule has 0 aromatic heterocycles. The molecule has 3 heteroatoms. The molecule has 2 aromatic rings. The second kappa shape index (κ2) is 7.55. The predicted octanol–water partition coefficient (Wildman–Crippen LogP) is 3.59. The van der Waals surface area contributed by atoms with E-state index >= 15 is 0 Å². The Hall–Kier alpha value is -2.42. The van der Waals surface area contributed by atoms with Crippen LogP contribution in [0.25, 0.3) is 0 Å². The maximum Gasteiger partial charge on any atom is 0.254 e. The predicted molar refractivity (Wildman–Crippen MR) is 88.2 cm³/mol. The Labute approximate surface area is 131 Å². The lowest BCUT2D eigenvalue weighted by molar-refractivity contribution is 0.0767. The van der Waals surface area contributed by atoms with Crippen molar-refractivity contribution in [1.82, 2.24) is 4.90 Å². The molecule has 1 amide bonds. The van der Waals surface area contributed by atoms with Crippen LogP contribution in [0.4, 0.5) is 0 Å². The van der Waals surface area contributed by atoms with Gasteiger partial charge in [-0.05, 0) is 25.5 Å². The van der Waals surface area contributed by atoms with Gasteiger partial charge in [-0.15, -0.1) is 0 Å². The molecule has 0 saturated heterocycles. The number of benzene rings is 2. The molecule has 0 aliphatic rings. The third-order valence-corrected chi connectivity index (χ3v) is 3.72. The van der Waals surface area contributed by atoms with Gasteiger partial charge in [0.1, 0.15) is 0 Å². The molecule has 0 fully saturated rings. The smallest absolute Gasteiger partial charge is 0.254 e. The first-order valence-corrected chi connectivity index (χ1v) is 7.62. The number of carbonyl (C=O) groups is 2. The average molecular weight is 295 g/mol. The molecular weight excluding hydrogens is 274 g/mol. The zero-order valence-electron chi connectivity index (χ0n) is 13.1. The van der Waals surface area contributed by atoms with E-state index in [0.29, 0.717) is 30.6 Å². The molecule has 0 aliphatic carbocycles. The highest BCUT2D eigenvalue weighted by Gasteiger charge is 2.19. The van der Waals surface area contributed by atoms with Gasteiger partial charge in [0.05, 0.1) is 5.56 Å². The van der Waals surface area contributed by atoms with Crippen molar-refractivity contribution in [3.63, 3.8) is 0 Å². The van der Waals surface area contributed by atoms with Crippen LogP contribution in [-0.2, 0) is 6.42 Å². The van der Waals surface area contributed by atoms with Crippen LogP contribution in [0.5, 0.6) is 0 Å². The van der Waals surface area contributed by atoms with Crippen molar-refractivity contribution < 1.29 is 9.59 Å². The van der Waals surface area contributed by atoms with Crippen molar-refractivity contribution in [2.75, 3.05) is 13.1 Å². The third kappa shape index (κ3) is 3.61. The van der Waals surface area contributed by atoms with E-state index in [0.717, 1.165) is 5.56 Å². The summed E-state index contributed by atoms with van der Waals surface area (Å²) in [5.74, 6) is -0.107. The van der Waals surface area contributed by atoms with Crippen molar-refractivity contribution in [2.45, 2.75) is 20.3 Å². The van der Waals surface area contributed by atoms with E-state index in [2.05, 4.69) is 0 Å². The van der Waals surface area contributed by atoms with Gasteiger partial charge in [0, 0.05) is 25.1 Å². The summed E-state index contributed by atoms with van der Waals surface area (Å²) >= 11 is 0. The minimum Gasteiger partial charge on any atom is -0.339 e. The van der Waals surface area contributed by atoms with Gasteiger partial charge < -0.3 is 4.90 Å². The van der Waals surface area contributed by atoms with Crippen LogP contribution >= 0.6 is 0 Å². The summed E-state index contributed by atoms with van der Waals surface area (Å²) in [6, 6.07) is 16.7. The fourth-order valence-electron chi connectivity index (χ4n) is 2.47. The standard InChI is InChI=1S/C19H21NO2/c1-3-20(4-2)19(22)17-13-9-8-12-16(17)18(21)14-15-10-6-5-7-11-15/h5-13H,3-4,14H2,1-2H3. The van der Waals surface area contributed by atoms with Gasteiger partial charge in [0.25, 0.3) is 5.91 Å². The van der Waals surface area contributed by atoms with Crippen LogP contribution in [0.2, 0.25) is 0 Å². The third-order valence-electron chi connectivity index (χ3n) is 3.72. The number of hydrogen-bond acceptors (Lipinski definition) is 2. The highest BCUT2D eigenvalue weighted by Crippen LogP contribution is 2.15. The van der Waals surface area contributed by atoms with Gasteiger partial charge in [-0.2, -0.15) is 0 Å². The normalized spacial score (nSPS) is 10.3. The minimum atomic E-state index is -0.0815. The van der Waals surface area contributed by atoms with Crippen LogP contribution in [-0.4, -0.2) is 29.7 Å². The van der Waals surface area contributed by atoms with Crippen LogP contribution in [0, 0.1) is 0 Å². The van der Waals surface area contributed by atoms with E-state index in [-0.39, 0.29) is 11.7 Å². The maximum absolute atomic E-state index is 12.6. The molecule has 3 nitrogen and oxygen atoms in total. The Morgan fingerprint density at radius 1 is 0.818 bits per heavy atom. The zero-order valence-corrected chi connectivity index (χ0v) is 13.1. The Balaban J connectivity index is 2.28. The zero-order chi connectivity index (χ0) is 15.9. The summed E-state index contributed by atoms with van der Waals surface area (Å²) in [5, 5.41) is 0. The molecule has 2 rings (SSSR count). The molecule has 2 aromatic carbocycles. The Bertz CT molecular complexity index is 645. The highest BCUT2D eigenvalue weighted by molar-refractivity contribution is 6.08. The van der Waals surface area contributed by atoms with Gasteiger partial charge in [-0.1, -0.05) is 48.5 Å². The Morgan fingerprint density at radius 3 is 1.95 bits per heavy atom. The number of ketones is 1. The molecular formula is C19H21NO2. The van der Waals surface area contributed by atoms with Crippen molar-refractivity contribution in [2.24, 2.45) is 0 Å². The molecule has 0 spiro atoms. The molecule has 0 saturated carbocycles. The summed E-state index contributed by atoms with van der Waals surface area (Å²) in [5.41, 5.74) is 1.95. The Kier molecular flexibility index (Phi) is 5.48. The van der Waals surface area contributed by atoms with Crippen molar-refractivity contribution in [3.8, 4) is 0 Å². The van der Waals surface area contributed by atoms with Crippen molar-refractivity contribution >= 4 is 11.7 Å². The van der Waals surface area contributed by atoms with Crippen molar-refractivity contribution in [1.29, 1.82) is 0 Å².